The largest absolute Gasteiger partial charge is 0.376 e. The number of rotatable bonds is 6. The number of carbonyl (C=O) groups excluding carboxylic acids is 2. The van der Waals surface area contributed by atoms with Crippen molar-refractivity contribution in [3.8, 4) is 0 Å². The SMILES string of the molecule is Cc1cccc(C(=O)Nc2ccc(NC(=O)CNc3ccc(I)cc3)cc2)c1. The average Bonchev–Trinajstić information content (AvgIpc) is 2.69. The van der Waals surface area contributed by atoms with Crippen LogP contribution in [0.15, 0.2) is 72.8 Å². The Morgan fingerprint density at radius 1 is 0.821 bits per heavy atom. The van der Waals surface area contributed by atoms with Gasteiger partial charge in [-0.05, 0) is 90.2 Å². The van der Waals surface area contributed by atoms with Gasteiger partial charge in [-0.2, -0.15) is 0 Å². The molecular formula is C22H20IN3O2. The molecule has 28 heavy (non-hydrogen) atoms. The maximum atomic E-state index is 12.3. The van der Waals surface area contributed by atoms with E-state index in [1.54, 1.807) is 30.3 Å². The molecule has 0 unspecified atom stereocenters. The molecule has 0 atom stereocenters. The highest BCUT2D eigenvalue weighted by Gasteiger charge is 2.07. The third-order valence-corrected chi connectivity index (χ3v) is 4.72. The van der Waals surface area contributed by atoms with Crippen molar-refractivity contribution in [2.45, 2.75) is 6.92 Å². The Morgan fingerprint density at radius 2 is 1.43 bits per heavy atom. The highest BCUT2D eigenvalue weighted by molar-refractivity contribution is 14.1. The lowest BCUT2D eigenvalue weighted by molar-refractivity contribution is -0.114. The molecule has 3 rings (SSSR count). The highest BCUT2D eigenvalue weighted by atomic mass is 127. The first-order valence-electron chi connectivity index (χ1n) is 8.77. The molecule has 0 saturated carbocycles. The van der Waals surface area contributed by atoms with Gasteiger partial charge in [-0.15, -0.1) is 0 Å². The van der Waals surface area contributed by atoms with E-state index < -0.39 is 0 Å². The van der Waals surface area contributed by atoms with Gasteiger partial charge >= 0.3 is 0 Å². The van der Waals surface area contributed by atoms with Gasteiger partial charge in [0.25, 0.3) is 5.91 Å². The smallest absolute Gasteiger partial charge is 0.255 e. The van der Waals surface area contributed by atoms with Crippen molar-refractivity contribution in [2.24, 2.45) is 0 Å². The van der Waals surface area contributed by atoms with Gasteiger partial charge in [0.2, 0.25) is 5.91 Å². The monoisotopic (exact) mass is 485 g/mol. The normalized spacial score (nSPS) is 10.2. The molecule has 3 N–H and O–H groups in total. The van der Waals surface area contributed by atoms with Crippen LogP contribution in [0, 0.1) is 10.5 Å². The molecular weight excluding hydrogens is 465 g/mol. The Labute approximate surface area is 177 Å². The predicted molar refractivity (Wildman–Crippen MR) is 122 cm³/mol. The fourth-order valence-electron chi connectivity index (χ4n) is 2.58. The molecule has 0 heterocycles. The van der Waals surface area contributed by atoms with E-state index in [2.05, 4.69) is 38.5 Å². The average molecular weight is 485 g/mol. The lowest BCUT2D eigenvalue weighted by atomic mass is 10.1. The summed E-state index contributed by atoms with van der Waals surface area (Å²) in [7, 11) is 0. The minimum Gasteiger partial charge on any atom is -0.376 e. The Kier molecular flexibility index (Phi) is 6.65. The van der Waals surface area contributed by atoms with Gasteiger partial charge in [0.15, 0.2) is 0 Å². The fourth-order valence-corrected chi connectivity index (χ4v) is 2.94. The van der Waals surface area contributed by atoms with Gasteiger partial charge < -0.3 is 16.0 Å². The Bertz CT molecular complexity index is 970. The maximum absolute atomic E-state index is 12.3. The summed E-state index contributed by atoms with van der Waals surface area (Å²) in [6.07, 6.45) is 0. The van der Waals surface area contributed by atoms with E-state index in [1.807, 2.05) is 49.4 Å². The van der Waals surface area contributed by atoms with Gasteiger partial charge in [-0.3, -0.25) is 9.59 Å². The van der Waals surface area contributed by atoms with Gasteiger partial charge in [0, 0.05) is 26.2 Å². The van der Waals surface area contributed by atoms with Crippen molar-refractivity contribution in [2.75, 3.05) is 22.5 Å². The van der Waals surface area contributed by atoms with E-state index >= 15 is 0 Å². The minimum atomic E-state index is -0.165. The molecule has 0 aliphatic heterocycles. The van der Waals surface area contributed by atoms with Crippen molar-refractivity contribution >= 4 is 51.5 Å². The van der Waals surface area contributed by atoms with Crippen LogP contribution in [0.4, 0.5) is 17.1 Å². The molecule has 0 radical (unpaired) electrons. The maximum Gasteiger partial charge on any atom is 0.255 e. The van der Waals surface area contributed by atoms with E-state index in [9.17, 15) is 9.59 Å². The van der Waals surface area contributed by atoms with Crippen LogP contribution >= 0.6 is 22.6 Å². The Balaban J connectivity index is 1.51. The van der Waals surface area contributed by atoms with Crippen molar-refractivity contribution in [3.63, 3.8) is 0 Å². The number of nitrogens with one attached hydrogen (secondary N) is 3. The zero-order chi connectivity index (χ0) is 19.9. The topological polar surface area (TPSA) is 70.2 Å². The van der Waals surface area contributed by atoms with Crippen LogP contribution in [0.2, 0.25) is 0 Å². The third-order valence-electron chi connectivity index (χ3n) is 4.00. The summed E-state index contributed by atoms with van der Waals surface area (Å²) in [6.45, 7) is 2.12. The lowest BCUT2D eigenvalue weighted by Gasteiger charge is -2.09. The molecule has 0 bridgehead atoms. The number of hydrogen-bond acceptors (Lipinski definition) is 3. The predicted octanol–water partition coefficient (Wildman–Crippen LogP) is 4.90. The molecule has 0 saturated heterocycles. The van der Waals surface area contributed by atoms with Crippen molar-refractivity contribution in [1.29, 1.82) is 0 Å². The summed E-state index contributed by atoms with van der Waals surface area (Å²) in [5, 5.41) is 8.76. The molecule has 0 aliphatic carbocycles. The third kappa shape index (κ3) is 5.82. The molecule has 0 fully saturated rings. The Hall–Kier alpha value is -2.87. The number of amides is 2. The van der Waals surface area contributed by atoms with Crippen LogP contribution in [0.25, 0.3) is 0 Å². The van der Waals surface area contributed by atoms with Gasteiger partial charge in [-0.25, -0.2) is 0 Å². The Morgan fingerprint density at radius 3 is 2.07 bits per heavy atom. The van der Waals surface area contributed by atoms with Crippen LogP contribution in [-0.2, 0) is 4.79 Å². The van der Waals surface area contributed by atoms with Gasteiger partial charge in [0.05, 0.1) is 6.54 Å². The van der Waals surface area contributed by atoms with Crippen molar-refractivity contribution in [3.05, 3.63) is 87.5 Å². The van der Waals surface area contributed by atoms with E-state index in [0.717, 1.165) is 14.8 Å². The number of halogens is 1. The molecule has 3 aromatic carbocycles. The summed E-state index contributed by atoms with van der Waals surface area (Å²) in [5.74, 6) is -0.308. The molecule has 5 nitrogen and oxygen atoms in total. The first kappa shape index (κ1) is 19.9. The standard InChI is InChI=1S/C22H20IN3O2/c1-15-3-2-4-16(13-15)22(28)26-20-11-9-19(10-12-20)25-21(27)14-24-18-7-5-17(23)6-8-18/h2-13,24H,14H2,1H3,(H,25,27)(H,26,28). The first-order valence-corrected chi connectivity index (χ1v) is 9.85. The molecule has 0 aliphatic rings. The highest BCUT2D eigenvalue weighted by Crippen LogP contribution is 2.15. The summed E-state index contributed by atoms with van der Waals surface area (Å²) in [4.78, 5) is 24.4. The molecule has 0 aromatic heterocycles. The van der Waals surface area contributed by atoms with Gasteiger partial charge in [-0.1, -0.05) is 17.7 Å². The van der Waals surface area contributed by atoms with Crippen LogP contribution in [0.1, 0.15) is 15.9 Å². The number of benzene rings is 3. The van der Waals surface area contributed by atoms with Crippen LogP contribution in [0.3, 0.4) is 0 Å². The van der Waals surface area contributed by atoms with Crippen LogP contribution in [0.5, 0.6) is 0 Å². The molecule has 3 aromatic rings. The zero-order valence-electron chi connectivity index (χ0n) is 15.3. The molecule has 0 spiro atoms. The van der Waals surface area contributed by atoms with E-state index in [-0.39, 0.29) is 18.4 Å². The van der Waals surface area contributed by atoms with E-state index in [1.165, 1.54) is 0 Å². The number of hydrogen-bond donors (Lipinski definition) is 3. The number of aryl methyl sites for hydroxylation is 1. The summed E-state index contributed by atoms with van der Waals surface area (Å²) in [6, 6.07) is 22.3. The summed E-state index contributed by atoms with van der Waals surface area (Å²) >= 11 is 2.23. The molecule has 6 heteroatoms. The molecule has 142 valence electrons. The summed E-state index contributed by atoms with van der Waals surface area (Å²) in [5.41, 5.74) is 3.87. The summed E-state index contributed by atoms with van der Waals surface area (Å²) < 4.78 is 1.14. The second-order valence-electron chi connectivity index (χ2n) is 6.31. The zero-order valence-corrected chi connectivity index (χ0v) is 17.5. The lowest BCUT2D eigenvalue weighted by Crippen LogP contribution is -2.21. The first-order chi connectivity index (χ1) is 13.5. The van der Waals surface area contributed by atoms with Crippen LogP contribution in [-0.4, -0.2) is 18.4 Å². The van der Waals surface area contributed by atoms with Crippen molar-refractivity contribution in [1.82, 2.24) is 0 Å². The number of carbonyl (C=O) groups is 2. The van der Waals surface area contributed by atoms with Gasteiger partial charge in [0.1, 0.15) is 0 Å². The molecule has 2 amide bonds. The fraction of sp³-hybridized carbons (Fsp3) is 0.0909. The van der Waals surface area contributed by atoms with Crippen LogP contribution < -0.4 is 16.0 Å². The quantitative estimate of drug-likeness (QED) is 0.435. The van der Waals surface area contributed by atoms with E-state index in [4.69, 9.17) is 0 Å². The minimum absolute atomic E-state index is 0.143. The number of anilines is 3. The van der Waals surface area contributed by atoms with Crippen molar-refractivity contribution < 1.29 is 9.59 Å². The second-order valence-corrected chi connectivity index (χ2v) is 7.56. The second kappa shape index (κ2) is 9.36. The van der Waals surface area contributed by atoms with E-state index in [0.29, 0.717) is 16.9 Å².